The van der Waals surface area contributed by atoms with Crippen LogP contribution in [0.5, 0.6) is 0 Å². The maximum absolute atomic E-state index is 5.58. The number of halogens is 1. The van der Waals surface area contributed by atoms with Gasteiger partial charge in [-0.2, -0.15) is 9.97 Å². The van der Waals surface area contributed by atoms with Crippen LogP contribution in [0.1, 0.15) is 5.56 Å². The van der Waals surface area contributed by atoms with Crippen LogP contribution in [0.4, 0.5) is 23.3 Å². The van der Waals surface area contributed by atoms with Gasteiger partial charge in [0.2, 0.25) is 5.95 Å². The average molecular weight is 309 g/mol. The number of rotatable bonds is 3. The Hall–Kier alpha value is -1.86. The third-order valence-corrected chi connectivity index (χ3v) is 2.66. The van der Waals surface area contributed by atoms with Crippen molar-refractivity contribution in [3.8, 4) is 0 Å². The Balaban J connectivity index is 2.30. The Morgan fingerprint density at radius 2 is 1.83 bits per heavy atom. The third-order valence-electron chi connectivity index (χ3n) is 2.21. The van der Waals surface area contributed by atoms with Crippen molar-refractivity contribution in [3.63, 3.8) is 0 Å². The number of hydrogen-bond donors (Lipinski definition) is 4. The minimum Gasteiger partial charge on any atom is -0.368 e. The minimum atomic E-state index is 0.152. The van der Waals surface area contributed by atoms with E-state index in [0.29, 0.717) is 11.6 Å². The highest BCUT2D eigenvalue weighted by atomic mass is 79.9. The molecule has 94 valence electrons. The molecule has 6 nitrogen and oxygen atoms in total. The van der Waals surface area contributed by atoms with Crippen molar-refractivity contribution in [2.45, 2.75) is 6.92 Å². The molecule has 0 radical (unpaired) electrons. The summed E-state index contributed by atoms with van der Waals surface area (Å²) in [5, 5.41) is 3.14. The zero-order valence-electron chi connectivity index (χ0n) is 9.74. The second-order valence-electron chi connectivity index (χ2n) is 3.78. The molecule has 1 aromatic heterocycles. The second kappa shape index (κ2) is 5.19. The predicted molar refractivity (Wildman–Crippen MR) is 76.4 cm³/mol. The number of nitrogen functional groups attached to an aromatic ring is 2. The van der Waals surface area contributed by atoms with Gasteiger partial charge in [-0.05, 0) is 30.7 Å². The molecule has 0 unspecified atom stereocenters. The van der Waals surface area contributed by atoms with Gasteiger partial charge in [-0.15, -0.1) is 0 Å². The molecule has 0 saturated heterocycles. The lowest BCUT2D eigenvalue weighted by Crippen LogP contribution is -2.11. The molecule has 0 saturated carbocycles. The third kappa shape index (κ3) is 3.08. The number of nitrogens with zero attached hydrogens (tertiary/aromatic N) is 2. The van der Waals surface area contributed by atoms with Gasteiger partial charge in [0, 0.05) is 16.2 Å². The number of aryl methyl sites for hydroxylation is 1. The van der Waals surface area contributed by atoms with Crippen molar-refractivity contribution >= 4 is 39.2 Å². The molecule has 1 aromatic carbocycles. The molecule has 2 aromatic rings. The summed E-state index contributed by atoms with van der Waals surface area (Å²) in [6, 6.07) is 7.64. The molecular formula is C11H13BrN6. The van der Waals surface area contributed by atoms with Gasteiger partial charge in [0.1, 0.15) is 11.6 Å². The number of hydrogen-bond acceptors (Lipinski definition) is 6. The zero-order chi connectivity index (χ0) is 13.1. The highest BCUT2D eigenvalue weighted by Gasteiger charge is 2.03. The molecule has 0 amide bonds. The van der Waals surface area contributed by atoms with Gasteiger partial charge in [-0.3, -0.25) is 0 Å². The summed E-state index contributed by atoms with van der Waals surface area (Å²) < 4.78 is 0.990. The lowest BCUT2D eigenvalue weighted by Gasteiger charge is -2.09. The van der Waals surface area contributed by atoms with E-state index in [-0.39, 0.29) is 5.95 Å². The van der Waals surface area contributed by atoms with E-state index in [1.165, 1.54) is 0 Å². The molecule has 0 aliphatic heterocycles. The van der Waals surface area contributed by atoms with Gasteiger partial charge >= 0.3 is 0 Å². The topological polar surface area (TPSA) is 102 Å². The molecule has 0 aliphatic carbocycles. The molecule has 18 heavy (non-hydrogen) atoms. The van der Waals surface area contributed by atoms with E-state index in [2.05, 4.69) is 36.6 Å². The van der Waals surface area contributed by atoms with Gasteiger partial charge in [0.25, 0.3) is 0 Å². The molecule has 0 atom stereocenters. The lowest BCUT2D eigenvalue weighted by atomic mass is 10.2. The van der Waals surface area contributed by atoms with Gasteiger partial charge < -0.3 is 16.5 Å². The van der Waals surface area contributed by atoms with Crippen LogP contribution >= 0.6 is 15.9 Å². The summed E-state index contributed by atoms with van der Waals surface area (Å²) >= 11 is 3.44. The molecule has 1 heterocycles. The van der Waals surface area contributed by atoms with Crippen LogP contribution in [0.25, 0.3) is 0 Å². The van der Waals surface area contributed by atoms with E-state index < -0.39 is 0 Å². The van der Waals surface area contributed by atoms with Crippen LogP contribution in [-0.2, 0) is 0 Å². The Bertz CT molecular complexity index is 551. The van der Waals surface area contributed by atoms with Crippen LogP contribution < -0.4 is 22.3 Å². The fourth-order valence-electron chi connectivity index (χ4n) is 1.56. The van der Waals surface area contributed by atoms with Crippen molar-refractivity contribution in [3.05, 3.63) is 34.3 Å². The SMILES string of the molecule is Cc1cc(Br)cc(Nc2cc(NN)nc(N)n2)c1. The molecular weight excluding hydrogens is 296 g/mol. The van der Waals surface area contributed by atoms with Crippen LogP contribution in [0.3, 0.4) is 0 Å². The van der Waals surface area contributed by atoms with Gasteiger partial charge in [0.05, 0.1) is 0 Å². The number of anilines is 4. The monoisotopic (exact) mass is 308 g/mol. The van der Waals surface area contributed by atoms with Crippen LogP contribution in [0, 0.1) is 6.92 Å². The highest BCUT2D eigenvalue weighted by Crippen LogP contribution is 2.23. The molecule has 7 heteroatoms. The Labute approximate surface area is 113 Å². The maximum atomic E-state index is 5.58. The molecule has 0 bridgehead atoms. The first-order valence-electron chi connectivity index (χ1n) is 5.22. The van der Waals surface area contributed by atoms with Crippen molar-refractivity contribution in [2.24, 2.45) is 5.84 Å². The van der Waals surface area contributed by atoms with E-state index in [1.54, 1.807) is 6.07 Å². The minimum absolute atomic E-state index is 0.152. The van der Waals surface area contributed by atoms with Crippen molar-refractivity contribution in [1.29, 1.82) is 0 Å². The van der Waals surface area contributed by atoms with E-state index in [0.717, 1.165) is 15.7 Å². The quantitative estimate of drug-likeness (QED) is 0.512. The van der Waals surface area contributed by atoms with E-state index in [4.69, 9.17) is 11.6 Å². The fourth-order valence-corrected chi connectivity index (χ4v) is 2.17. The molecule has 0 spiro atoms. The second-order valence-corrected chi connectivity index (χ2v) is 4.70. The highest BCUT2D eigenvalue weighted by molar-refractivity contribution is 9.10. The van der Waals surface area contributed by atoms with E-state index >= 15 is 0 Å². The molecule has 2 rings (SSSR count). The van der Waals surface area contributed by atoms with Crippen LogP contribution in [-0.4, -0.2) is 9.97 Å². The van der Waals surface area contributed by atoms with Crippen molar-refractivity contribution in [1.82, 2.24) is 9.97 Å². The first-order valence-corrected chi connectivity index (χ1v) is 6.01. The number of hydrazine groups is 1. The smallest absolute Gasteiger partial charge is 0.223 e. The summed E-state index contributed by atoms with van der Waals surface area (Å²) in [5.41, 5.74) is 10.1. The summed E-state index contributed by atoms with van der Waals surface area (Å²) in [6.45, 7) is 2.01. The first-order chi connectivity index (χ1) is 8.56. The molecule has 0 fully saturated rings. The standard InChI is InChI=1S/C11H13BrN6/c1-6-2-7(12)4-8(3-6)15-9-5-10(18-14)17-11(13)16-9/h2-5H,14H2,1H3,(H4,13,15,16,17,18). The van der Waals surface area contributed by atoms with Crippen LogP contribution in [0.15, 0.2) is 28.7 Å². The summed E-state index contributed by atoms with van der Waals surface area (Å²) in [7, 11) is 0. The van der Waals surface area contributed by atoms with Gasteiger partial charge in [-0.25, -0.2) is 5.84 Å². The van der Waals surface area contributed by atoms with E-state index in [1.807, 2.05) is 25.1 Å². The Kier molecular flexibility index (Phi) is 3.63. The van der Waals surface area contributed by atoms with E-state index in [9.17, 15) is 0 Å². The average Bonchev–Trinajstić information content (AvgIpc) is 2.26. The maximum Gasteiger partial charge on any atom is 0.223 e. The Morgan fingerprint density at radius 1 is 1.11 bits per heavy atom. The van der Waals surface area contributed by atoms with Crippen molar-refractivity contribution < 1.29 is 0 Å². The summed E-state index contributed by atoms with van der Waals surface area (Å²) in [4.78, 5) is 7.99. The molecule has 0 aliphatic rings. The number of benzene rings is 1. The fraction of sp³-hybridized carbons (Fsp3) is 0.0909. The lowest BCUT2D eigenvalue weighted by molar-refractivity contribution is 1.15. The van der Waals surface area contributed by atoms with Crippen molar-refractivity contribution in [2.75, 3.05) is 16.5 Å². The Morgan fingerprint density at radius 3 is 2.50 bits per heavy atom. The zero-order valence-corrected chi connectivity index (χ0v) is 11.3. The molecule has 6 N–H and O–H groups in total. The van der Waals surface area contributed by atoms with Gasteiger partial charge in [0.15, 0.2) is 0 Å². The normalized spacial score (nSPS) is 10.2. The predicted octanol–water partition coefficient (Wildman–Crippen LogP) is 2.16. The number of aromatic nitrogens is 2. The largest absolute Gasteiger partial charge is 0.368 e. The summed E-state index contributed by atoms with van der Waals surface area (Å²) in [6.07, 6.45) is 0. The van der Waals surface area contributed by atoms with Gasteiger partial charge in [-0.1, -0.05) is 15.9 Å². The number of nitrogens with one attached hydrogen (secondary N) is 2. The first kappa shape index (κ1) is 12.6. The summed E-state index contributed by atoms with van der Waals surface area (Å²) in [5.74, 6) is 6.48. The number of nitrogens with two attached hydrogens (primary N) is 2. The van der Waals surface area contributed by atoms with Crippen LogP contribution in [0.2, 0.25) is 0 Å².